The third-order valence-corrected chi connectivity index (χ3v) is 4.68. The molecule has 2 atom stereocenters. The summed E-state index contributed by atoms with van der Waals surface area (Å²) < 4.78 is 5.84. The lowest BCUT2D eigenvalue weighted by Gasteiger charge is -2.17. The maximum Gasteiger partial charge on any atom is 0.129 e. The van der Waals surface area contributed by atoms with Crippen LogP contribution in [0.1, 0.15) is 37.0 Å². The van der Waals surface area contributed by atoms with Crippen LogP contribution in [0.15, 0.2) is 29.6 Å². The third-order valence-electron chi connectivity index (χ3n) is 3.81. The highest BCUT2D eigenvalue weighted by atomic mass is 32.1. The summed E-state index contributed by atoms with van der Waals surface area (Å²) in [6.07, 6.45) is 0.648. The van der Waals surface area contributed by atoms with Gasteiger partial charge in [-0.05, 0) is 11.6 Å². The van der Waals surface area contributed by atoms with Gasteiger partial charge in [0, 0.05) is 23.6 Å². The fourth-order valence-corrected chi connectivity index (χ4v) is 3.55. The summed E-state index contributed by atoms with van der Waals surface area (Å²) in [6, 6.07) is 7.99. The molecule has 112 valence electrons. The molecular weight excluding hydrogens is 282 g/mol. The topological polar surface area (TPSA) is 42.4 Å². The molecule has 21 heavy (non-hydrogen) atoms. The molecule has 0 aliphatic carbocycles. The number of thiazole rings is 1. The van der Waals surface area contributed by atoms with Crippen LogP contribution >= 0.6 is 11.3 Å². The van der Waals surface area contributed by atoms with E-state index in [1.54, 1.807) is 11.3 Å². The van der Waals surface area contributed by atoms with Crippen molar-refractivity contribution in [3.8, 4) is 5.75 Å². The van der Waals surface area contributed by atoms with Crippen molar-refractivity contribution < 1.29 is 9.84 Å². The highest BCUT2D eigenvalue weighted by Crippen LogP contribution is 2.31. The minimum atomic E-state index is -0.517. The molecule has 1 aliphatic heterocycles. The highest BCUT2D eigenvalue weighted by Gasteiger charge is 2.30. The molecule has 2 heterocycles. The first kappa shape index (κ1) is 14.5. The first-order valence-corrected chi connectivity index (χ1v) is 8.19. The van der Waals surface area contributed by atoms with Crippen LogP contribution in [0, 0.1) is 0 Å². The molecule has 0 spiro atoms. The second-order valence-electron chi connectivity index (χ2n) is 6.62. The molecule has 0 saturated heterocycles. The van der Waals surface area contributed by atoms with Gasteiger partial charge in [-0.3, -0.25) is 0 Å². The van der Waals surface area contributed by atoms with E-state index in [1.165, 1.54) is 5.56 Å². The van der Waals surface area contributed by atoms with E-state index < -0.39 is 6.10 Å². The average molecular weight is 303 g/mol. The second-order valence-corrected chi connectivity index (χ2v) is 7.56. The Morgan fingerprint density at radius 3 is 2.81 bits per heavy atom. The van der Waals surface area contributed by atoms with E-state index in [1.807, 2.05) is 18.2 Å². The monoisotopic (exact) mass is 303 g/mol. The zero-order valence-corrected chi connectivity index (χ0v) is 13.5. The number of hydrogen-bond donors (Lipinski definition) is 1. The summed E-state index contributed by atoms with van der Waals surface area (Å²) in [6.45, 7) is 6.46. The van der Waals surface area contributed by atoms with E-state index >= 15 is 0 Å². The van der Waals surface area contributed by atoms with Gasteiger partial charge in [-0.2, -0.15) is 0 Å². The van der Waals surface area contributed by atoms with Gasteiger partial charge in [0.2, 0.25) is 0 Å². The third kappa shape index (κ3) is 3.11. The van der Waals surface area contributed by atoms with E-state index in [-0.39, 0.29) is 11.5 Å². The first-order chi connectivity index (χ1) is 9.93. The molecule has 0 fully saturated rings. The van der Waals surface area contributed by atoms with E-state index in [9.17, 15) is 5.11 Å². The van der Waals surface area contributed by atoms with Gasteiger partial charge in [-0.25, -0.2) is 4.98 Å². The molecule has 1 aliphatic rings. The molecule has 1 aromatic carbocycles. The summed E-state index contributed by atoms with van der Waals surface area (Å²) >= 11 is 1.62. The number of nitrogens with zero attached hydrogens (tertiary/aromatic N) is 1. The van der Waals surface area contributed by atoms with Crippen molar-refractivity contribution in [2.45, 2.75) is 51.2 Å². The molecule has 0 bridgehead atoms. The number of hydrogen-bond acceptors (Lipinski definition) is 4. The molecule has 2 unspecified atom stereocenters. The zero-order valence-electron chi connectivity index (χ0n) is 12.7. The molecule has 0 saturated carbocycles. The molecule has 1 N–H and O–H groups in total. The van der Waals surface area contributed by atoms with E-state index in [4.69, 9.17) is 4.74 Å². The van der Waals surface area contributed by atoms with Crippen molar-refractivity contribution in [1.82, 2.24) is 4.98 Å². The normalized spacial score (nSPS) is 19.1. The number of benzene rings is 1. The number of ether oxygens (including phenoxy) is 1. The van der Waals surface area contributed by atoms with Crippen LogP contribution in [0.5, 0.6) is 5.75 Å². The predicted molar refractivity (Wildman–Crippen MR) is 85.1 cm³/mol. The van der Waals surface area contributed by atoms with Gasteiger partial charge in [-0.1, -0.05) is 39.0 Å². The van der Waals surface area contributed by atoms with Gasteiger partial charge in [0.25, 0.3) is 0 Å². The van der Waals surface area contributed by atoms with Crippen molar-refractivity contribution in [2.24, 2.45) is 0 Å². The zero-order chi connectivity index (χ0) is 15.0. The van der Waals surface area contributed by atoms with Crippen molar-refractivity contribution in [3.63, 3.8) is 0 Å². The number of fused-ring (bicyclic) bond motifs is 1. The van der Waals surface area contributed by atoms with Crippen molar-refractivity contribution >= 4 is 11.3 Å². The first-order valence-electron chi connectivity index (χ1n) is 7.31. The molecule has 0 amide bonds. The van der Waals surface area contributed by atoms with Gasteiger partial charge in [0.05, 0.1) is 16.8 Å². The summed E-state index contributed by atoms with van der Waals surface area (Å²) in [5.41, 5.74) is 2.32. The van der Waals surface area contributed by atoms with E-state index in [0.717, 1.165) is 22.9 Å². The highest BCUT2D eigenvalue weighted by molar-refractivity contribution is 7.09. The predicted octanol–water partition coefficient (Wildman–Crippen LogP) is 3.35. The van der Waals surface area contributed by atoms with Crippen LogP contribution in [0.25, 0.3) is 0 Å². The minimum absolute atomic E-state index is 0.0554. The number of aromatic nitrogens is 1. The molecule has 3 rings (SSSR count). The van der Waals surface area contributed by atoms with Crippen LogP contribution in [-0.4, -0.2) is 22.3 Å². The number of para-hydroxylation sites is 1. The molecule has 3 nitrogen and oxygen atoms in total. The van der Waals surface area contributed by atoms with Gasteiger partial charge in [0.15, 0.2) is 0 Å². The summed E-state index contributed by atoms with van der Waals surface area (Å²) in [7, 11) is 0. The van der Waals surface area contributed by atoms with Gasteiger partial charge < -0.3 is 9.84 Å². The molecule has 0 radical (unpaired) electrons. The smallest absolute Gasteiger partial charge is 0.129 e. The fraction of sp³-hybridized carbons (Fsp3) is 0.471. The van der Waals surface area contributed by atoms with Crippen LogP contribution in [0.3, 0.4) is 0 Å². The Bertz CT molecular complexity index is 605. The molecule has 1 aromatic heterocycles. The van der Waals surface area contributed by atoms with Crippen LogP contribution in [0.2, 0.25) is 0 Å². The van der Waals surface area contributed by atoms with Gasteiger partial charge in [0.1, 0.15) is 11.9 Å². The number of aliphatic hydroxyl groups excluding tert-OH is 1. The van der Waals surface area contributed by atoms with E-state index in [2.05, 4.69) is 37.2 Å². The minimum Gasteiger partial charge on any atom is -0.487 e. The Labute approximate surface area is 129 Å². The molecule has 4 heteroatoms. The van der Waals surface area contributed by atoms with Gasteiger partial charge >= 0.3 is 0 Å². The number of aliphatic hydroxyl groups is 1. The Kier molecular flexibility index (Phi) is 3.76. The van der Waals surface area contributed by atoms with Gasteiger partial charge in [-0.15, -0.1) is 11.3 Å². The lowest BCUT2D eigenvalue weighted by Crippen LogP contribution is -2.32. The van der Waals surface area contributed by atoms with Crippen LogP contribution in [-0.2, 0) is 18.3 Å². The lowest BCUT2D eigenvalue weighted by molar-refractivity contribution is 0.0502. The van der Waals surface area contributed by atoms with Crippen molar-refractivity contribution in [1.29, 1.82) is 0 Å². The summed E-state index contributed by atoms with van der Waals surface area (Å²) in [5, 5.41) is 13.5. The van der Waals surface area contributed by atoms with Crippen LogP contribution in [0.4, 0.5) is 0 Å². The average Bonchev–Trinajstić information content (AvgIpc) is 3.03. The molecular formula is C17H21NO2S. The number of rotatable bonds is 3. The fourth-order valence-electron chi connectivity index (χ4n) is 2.48. The molecule has 2 aromatic rings. The quantitative estimate of drug-likeness (QED) is 0.945. The summed E-state index contributed by atoms with van der Waals surface area (Å²) in [5.74, 6) is 0.899. The van der Waals surface area contributed by atoms with Crippen molar-refractivity contribution in [3.05, 3.63) is 45.9 Å². The Balaban J connectivity index is 1.65. The largest absolute Gasteiger partial charge is 0.487 e. The lowest BCUT2D eigenvalue weighted by atomic mass is 9.93. The van der Waals surface area contributed by atoms with E-state index in [0.29, 0.717) is 6.42 Å². The standard InChI is InChI=1S/C17H21NO2S/c1-17(2,3)15-10-21-16(18-15)9-12(19)14-8-11-6-4-5-7-13(11)20-14/h4-7,10,12,14,19H,8-9H2,1-3H3. The van der Waals surface area contributed by atoms with Crippen molar-refractivity contribution in [2.75, 3.05) is 0 Å². The Morgan fingerprint density at radius 2 is 2.14 bits per heavy atom. The second kappa shape index (κ2) is 5.43. The summed E-state index contributed by atoms with van der Waals surface area (Å²) in [4.78, 5) is 4.64. The maximum atomic E-state index is 10.4. The Hall–Kier alpha value is -1.39. The Morgan fingerprint density at radius 1 is 1.38 bits per heavy atom. The SMILES string of the molecule is CC(C)(C)c1csc(CC(O)C2Cc3ccccc3O2)n1. The van der Waals surface area contributed by atoms with Crippen LogP contribution < -0.4 is 4.74 Å². The maximum absolute atomic E-state index is 10.4.